The van der Waals surface area contributed by atoms with Gasteiger partial charge in [-0.25, -0.2) is 0 Å². The average molecular weight is 258 g/mol. The van der Waals surface area contributed by atoms with Crippen molar-refractivity contribution in [2.75, 3.05) is 25.5 Å². The normalized spacial score (nSPS) is 27.1. The van der Waals surface area contributed by atoms with E-state index < -0.39 is 0 Å². The molecule has 0 aliphatic carbocycles. The molecule has 0 amide bonds. The van der Waals surface area contributed by atoms with Crippen molar-refractivity contribution >= 4 is 16.9 Å². The Bertz CT molecular complexity index is 233. The average Bonchev–Trinajstić information content (AvgIpc) is 2.32. The van der Waals surface area contributed by atoms with Gasteiger partial charge in [-0.1, -0.05) is 32.0 Å². The van der Waals surface area contributed by atoms with Crippen LogP contribution in [0.1, 0.15) is 40.0 Å². The molecule has 4 heteroatoms. The van der Waals surface area contributed by atoms with Crippen molar-refractivity contribution in [3.05, 3.63) is 0 Å². The Balaban J connectivity index is 2.04. The lowest BCUT2D eigenvalue weighted by Gasteiger charge is -2.28. The number of hydrogen-bond acceptors (Lipinski definition) is 3. The number of aliphatic imine (C=N–C) groups is 1. The Labute approximate surface area is 110 Å². The van der Waals surface area contributed by atoms with Crippen LogP contribution < -0.4 is 5.32 Å². The molecule has 1 aliphatic heterocycles. The maximum Gasteiger partial charge on any atom is 0.156 e. The minimum absolute atomic E-state index is 0.552. The highest BCUT2D eigenvalue weighted by molar-refractivity contribution is 8.13. The quantitative estimate of drug-likeness (QED) is 0.713. The molecule has 0 aromatic carbocycles. The van der Waals surface area contributed by atoms with Gasteiger partial charge in [-0.3, -0.25) is 4.99 Å². The van der Waals surface area contributed by atoms with Crippen LogP contribution in [0.25, 0.3) is 0 Å². The molecule has 0 aromatic heterocycles. The highest BCUT2D eigenvalue weighted by Crippen LogP contribution is 2.19. The maximum absolute atomic E-state index is 5.51. The summed E-state index contributed by atoms with van der Waals surface area (Å²) in [6.07, 6.45) is 3.40. The number of nitrogens with one attached hydrogen (secondary N) is 1. The number of rotatable bonds is 7. The number of nitrogens with zero attached hydrogens (tertiary/aromatic N) is 1. The standard InChI is InChI=1S/C13H26N2OS/c1-4-5-8-16-9-6-7-14-13-15-12(3)11(2)10-17-13/h11-12H,4-10H2,1-3H3,(H,14,15). The van der Waals surface area contributed by atoms with Crippen LogP contribution in [0.5, 0.6) is 0 Å². The van der Waals surface area contributed by atoms with Gasteiger partial charge in [0.15, 0.2) is 5.17 Å². The fourth-order valence-electron chi connectivity index (χ4n) is 1.52. The van der Waals surface area contributed by atoms with E-state index in [9.17, 15) is 0 Å². The van der Waals surface area contributed by atoms with Crippen LogP contribution in [0, 0.1) is 5.92 Å². The van der Waals surface area contributed by atoms with Gasteiger partial charge in [-0.05, 0) is 25.7 Å². The zero-order valence-electron chi connectivity index (χ0n) is 11.4. The lowest BCUT2D eigenvalue weighted by Crippen LogP contribution is -2.41. The molecule has 0 bridgehead atoms. The third-order valence-corrected chi connectivity index (χ3v) is 4.24. The molecule has 17 heavy (non-hydrogen) atoms. The second-order valence-electron chi connectivity index (χ2n) is 4.73. The van der Waals surface area contributed by atoms with E-state index in [0.717, 1.165) is 37.3 Å². The van der Waals surface area contributed by atoms with Gasteiger partial charge in [-0.2, -0.15) is 0 Å². The number of unbranched alkanes of at least 4 members (excludes halogenated alkanes) is 1. The summed E-state index contributed by atoms with van der Waals surface area (Å²) in [4.78, 5) is 4.57. The van der Waals surface area contributed by atoms with E-state index in [2.05, 4.69) is 31.1 Å². The number of hydrogen-bond donors (Lipinski definition) is 1. The van der Waals surface area contributed by atoms with Crippen molar-refractivity contribution in [2.24, 2.45) is 10.9 Å². The number of ether oxygens (including phenoxy) is 1. The number of thioether (sulfide) groups is 1. The minimum Gasteiger partial charge on any atom is -0.381 e. The Kier molecular flexibility index (Phi) is 7.69. The SMILES string of the molecule is CCCCOCCCN=C1NC(C)C(C)CS1. The van der Waals surface area contributed by atoms with Crippen molar-refractivity contribution in [3.63, 3.8) is 0 Å². The van der Waals surface area contributed by atoms with Gasteiger partial charge in [0.1, 0.15) is 0 Å². The lowest BCUT2D eigenvalue weighted by atomic mass is 10.1. The summed E-state index contributed by atoms with van der Waals surface area (Å²) < 4.78 is 5.51. The van der Waals surface area contributed by atoms with Gasteiger partial charge in [0.05, 0.1) is 0 Å². The monoisotopic (exact) mass is 258 g/mol. The van der Waals surface area contributed by atoms with E-state index in [0.29, 0.717) is 6.04 Å². The maximum atomic E-state index is 5.51. The molecule has 0 saturated carbocycles. The summed E-state index contributed by atoms with van der Waals surface area (Å²) in [5.74, 6) is 1.91. The Morgan fingerprint density at radius 3 is 2.82 bits per heavy atom. The van der Waals surface area contributed by atoms with Crippen LogP contribution in [0.15, 0.2) is 4.99 Å². The van der Waals surface area contributed by atoms with Gasteiger partial charge in [0.25, 0.3) is 0 Å². The molecular weight excluding hydrogens is 232 g/mol. The highest BCUT2D eigenvalue weighted by Gasteiger charge is 2.20. The lowest BCUT2D eigenvalue weighted by molar-refractivity contribution is 0.130. The molecule has 0 spiro atoms. The molecule has 1 fully saturated rings. The largest absolute Gasteiger partial charge is 0.381 e. The Hall–Kier alpha value is -0.220. The number of amidine groups is 1. The second kappa shape index (κ2) is 8.81. The minimum atomic E-state index is 0.552. The van der Waals surface area contributed by atoms with E-state index in [1.54, 1.807) is 0 Å². The van der Waals surface area contributed by atoms with Crippen LogP contribution in [-0.2, 0) is 4.74 Å². The first-order valence-electron chi connectivity index (χ1n) is 6.75. The van der Waals surface area contributed by atoms with Crippen LogP contribution in [-0.4, -0.2) is 36.7 Å². The van der Waals surface area contributed by atoms with Crippen molar-refractivity contribution in [1.29, 1.82) is 0 Å². The molecule has 0 radical (unpaired) electrons. The van der Waals surface area contributed by atoms with Crippen LogP contribution in [0.2, 0.25) is 0 Å². The summed E-state index contributed by atoms with van der Waals surface area (Å²) in [5, 5.41) is 4.56. The molecule has 0 aromatic rings. The molecule has 1 aliphatic rings. The fraction of sp³-hybridized carbons (Fsp3) is 0.923. The first-order chi connectivity index (χ1) is 8.24. The molecule has 100 valence electrons. The van der Waals surface area contributed by atoms with Gasteiger partial charge < -0.3 is 10.1 Å². The first kappa shape index (κ1) is 14.8. The van der Waals surface area contributed by atoms with Gasteiger partial charge >= 0.3 is 0 Å². The van der Waals surface area contributed by atoms with Crippen LogP contribution in [0.3, 0.4) is 0 Å². The fourth-order valence-corrected chi connectivity index (χ4v) is 2.68. The third kappa shape index (κ3) is 6.32. The zero-order valence-corrected chi connectivity index (χ0v) is 12.2. The molecule has 1 heterocycles. The van der Waals surface area contributed by atoms with E-state index in [1.807, 2.05) is 11.8 Å². The van der Waals surface area contributed by atoms with E-state index in [4.69, 9.17) is 4.74 Å². The summed E-state index contributed by atoms with van der Waals surface area (Å²) in [7, 11) is 0. The summed E-state index contributed by atoms with van der Waals surface area (Å²) >= 11 is 1.85. The molecule has 3 nitrogen and oxygen atoms in total. The van der Waals surface area contributed by atoms with E-state index in [1.165, 1.54) is 18.6 Å². The zero-order chi connectivity index (χ0) is 12.5. The first-order valence-corrected chi connectivity index (χ1v) is 7.74. The van der Waals surface area contributed by atoms with Crippen molar-refractivity contribution in [1.82, 2.24) is 5.32 Å². The van der Waals surface area contributed by atoms with Crippen LogP contribution >= 0.6 is 11.8 Å². The summed E-state index contributed by atoms with van der Waals surface area (Å²) in [6.45, 7) is 9.31. The Morgan fingerprint density at radius 1 is 1.35 bits per heavy atom. The third-order valence-electron chi connectivity index (χ3n) is 3.03. The predicted molar refractivity (Wildman–Crippen MR) is 76.9 cm³/mol. The Morgan fingerprint density at radius 2 is 2.12 bits per heavy atom. The molecule has 2 atom stereocenters. The molecule has 1 rings (SSSR count). The van der Waals surface area contributed by atoms with E-state index >= 15 is 0 Å². The summed E-state index contributed by atoms with van der Waals surface area (Å²) in [6, 6.07) is 0.552. The van der Waals surface area contributed by atoms with Crippen molar-refractivity contribution in [3.8, 4) is 0 Å². The smallest absolute Gasteiger partial charge is 0.156 e. The molecule has 1 saturated heterocycles. The van der Waals surface area contributed by atoms with Crippen LogP contribution in [0.4, 0.5) is 0 Å². The van der Waals surface area contributed by atoms with Gasteiger partial charge in [0.2, 0.25) is 0 Å². The highest BCUT2D eigenvalue weighted by atomic mass is 32.2. The summed E-state index contributed by atoms with van der Waals surface area (Å²) in [5.41, 5.74) is 0. The van der Waals surface area contributed by atoms with Gasteiger partial charge in [0, 0.05) is 31.6 Å². The molecule has 1 N–H and O–H groups in total. The van der Waals surface area contributed by atoms with Gasteiger partial charge in [-0.15, -0.1) is 0 Å². The van der Waals surface area contributed by atoms with Crippen molar-refractivity contribution < 1.29 is 4.74 Å². The van der Waals surface area contributed by atoms with Crippen molar-refractivity contribution in [2.45, 2.75) is 46.1 Å². The second-order valence-corrected chi connectivity index (χ2v) is 5.74. The topological polar surface area (TPSA) is 33.6 Å². The molecule has 2 unspecified atom stereocenters. The molecular formula is C13H26N2OS. The predicted octanol–water partition coefficient (Wildman–Crippen LogP) is 2.91. The van der Waals surface area contributed by atoms with E-state index in [-0.39, 0.29) is 0 Å².